The first-order valence-corrected chi connectivity index (χ1v) is 8.48. The van der Waals surface area contributed by atoms with Gasteiger partial charge in [-0.2, -0.15) is 0 Å². The molecule has 4 aromatic rings. The summed E-state index contributed by atoms with van der Waals surface area (Å²) in [7, 11) is 0. The topological polar surface area (TPSA) is 79.2 Å². The summed E-state index contributed by atoms with van der Waals surface area (Å²) in [5, 5.41) is 15.4. The minimum Gasteiger partial charge on any atom is -0.467 e. The van der Waals surface area contributed by atoms with Gasteiger partial charge in [0, 0.05) is 9.61 Å². The van der Waals surface area contributed by atoms with E-state index in [4.69, 9.17) is 4.42 Å². The number of carbonyl (C=O) groups is 1. The molecule has 0 bridgehead atoms. The van der Waals surface area contributed by atoms with Gasteiger partial charge in [0.2, 0.25) is 12.4 Å². The Kier molecular flexibility index (Phi) is 3.91. The number of rotatable bonds is 4. The summed E-state index contributed by atoms with van der Waals surface area (Å²) in [6.45, 7) is 0.300. The summed E-state index contributed by atoms with van der Waals surface area (Å²) in [4.78, 5) is 17.9. The Morgan fingerprint density at radius 3 is 2.92 bits per heavy atom. The minimum atomic E-state index is -0.281. The molecule has 0 unspecified atom stereocenters. The Balaban J connectivity index is 1.70. The third-order valence-corrected chi connectivity index (χ3v) is 4.64. The number of hydrogen-bond acceptors (Lipinski definition) is 5. The van der Waals surface area contributed by atoms with Gasteiger partial charge in [0.25, 0.3) is 5.91 Å². The summed E-state index contributed by atoms with van der Waals surface area (Å²) in [5.41, 5.74) is 1.75. The average molecular weight is 352 g/mol. The third kappa shape index (κ3) is 3.09. The largest absolute Gasteiger partial charge is 0.467 e. The van der Waals surface area contributed by atoms with Crippen LogP contribution in [0.5, 0.6) is 0 Å². The molecule has 1 amide bonds. The molecular weight excluding hydrogens is 338 g/mol. The Hall–Kier alpha value is -3.19. The highest BCUT2D eigenvalue weighted by molar-refractivity contribution is 7.13. The van der Waals surface area contributed by atoms with E-state index in [1.165, 1.54) is 0 Å². The van der Waals surface area contributed by atoms with Gasteiger partial charge in [-0.1, -0.05) is 6.07 Å². The summed E-state index contributed by atoms with van der Waals surface area (Å²) >= 11 is 1.54. The van der Waals surface area contributed by atoms with Crippen molar-refractivity contribution in [3.8, 4) is 10.4 Å². The van der Waals surface area contributed by atoms with Gasteiger partial charge in [-0.3, -0.25) is 10.0 Å². The van der Waals surface area contributed by atoms with Gasteiger partial charge in [-0.05, 0) is 35.7 Å². The molecular formula is C18H14N3O3S+. The molecule has 124 valence electrons. The number of fused-ring (bicyclic) bond motifs is 1. The fraction of sp³-hybridized carbons (Fsp3) is 0.0556. The maximum absolute atomic E-state index is 12.4. The molecule has 0 fully saturated rings. The van der Waals surface area contributed by atoms with Crippen molar-refractivity contribution in [1.29, 1.82) is 0 Å². The van der Waals surface area contributed by atoms with Crippen LogP contribution < -0.4 is 10.0 Å². The lowest BCUT2D eigenvalue weighted by atomic mass is 10.1. The van der Waals surface area contributed by atoms with Gasteiger partial charge in [0.05, 0.1) is 29.3 Å². The predicted octanol–water partition coefficient (Wildman–Crippen LogP) is 3.01. The van der Waals surface area contributed by atoms with E-state index in [0.29, 0.717) is 23.5 Å². The molecule has 0 aromatic carbocycles. The fourth-order valence-corrected chi connectivity index (χ4v) is 3.31. The zero-order valence-corrected chi connectivity index (χ0v) is 13.9. The van der Waals surface area contributed by atoms with Gasteiger partial charge >= 0.3 is 0 Å². The van der Waals surface area contributed by atoms with Crippen LogP contribution in [0.4, 0.5) is 0 Å². The summed E-state index contributed by atoms with van der Waals surface area (Å²) in [6, 6.07) is 10.9. The van der Waals surface area contributed by atoms with Crippen LogP contribution in [0, 0.1) is 0 Å². The highest BCUT2D eigenvalue weighted by Gasteiger charge is 2.16. The molecule has 0 aliphatic rings. The van der Waals surface area contributed by atoms with Crippen LogP contribution in [-0.2, 0) is 6.54 Å². The van der Waals surface area contributed by atoms with E-state index in [1.807, 2.05) is 17.5 Å². The molecule has 7 heteroatoms. The van der Waals surface area contributed by atoms with Crippen molar-refractivity contribution in [2.24, 2.45) is 0 Å². The van der Waals surface area contributed by atoms with Crippen molar-refractivity contribution in [2.45, 2.75) is 6.54 Å². The zero-order valence-electron chi connectivity index (χ0n) is 13.0. The first-order chi connectivity index (χ1) is 12.2. The maximum Gasteiger partial charge on any atom is 0.270 e. The molecule has 2 N–H and O–H groups in total. The van der Waals surface area contributed by atoms with Gasteiger partial charge in [0.15, 0.2) is 0 Å². The quantitative estimate of drug-likeness (QED) is 0.437. The van der Waals surface area contributed by atoms with Crippen LogP contribution in [0.2, 0.25) is 0 Å². The van der Waals surface area contributed by atoms with Crippen molar-refractivity contribution >= 4 is 28.1 Å². The lowest BCUT2D eigenvalue weighted by Gasteiger charge is -2.05. The predicted molar refractivity (Wildman–Crippen MR) is 92.3 cm³/mol. The number of hydrogen-bond donors (Lipinski definition) is 2. The van der Waals surface area contributed by atoms with E-state index in [0.717, 1.165) is 20.6 Å². The lowest BCUT2D eigenvalue weighted by molar-refractivity contribution is -0.903. The third-order valence-electron chi connectivity index (χ3n) is 3.74. The fourth-order valence-electron chi connectivity index (χ4n) is 2.57. The second-order valence-corrected chi connectivity index (χ2v) is 6.37. The van der Waals surface area contributed by atoms with Gasteiger partial charge in [-0.25, -0.2) is 4.98 Å². The van der Waals surface area contributed by atoms with Gasteiger partial charge in [0.1, 0.15) is 11.5 Å². The second kappa shape index (κ2) is 6.37. The van der Waals surface area contributed by atoms with Crippen LogP contribution in [0.3, 0.4) is 0 Å². The highest BCUT2D eigenvalue weighted by Crippen LogP contribution is 2.29. The second-order valence-electron chi connectivity index (χ2n) is 5.43. The van der Waals surface area contributed by atoms with Crippen LogP contribution >= 0.6 is 11.3 Å². The lowest BCUT2D eigenvalue weighted by Crippen LogP contribution is -2.29. The summed E-state index contributed by atoms with van der Waals surface area (Å²) < 4.78 is 6.22. The molecule has 0 saturated heterocycles. The van der Waals surface area contributed by atoms with Crippen molar-refractivity contribution < 1.29 is 19.1 Å². The van der Waals surface area contributed by atoms with Crippen LogP contribution in [-0.4, -0.2) is 16.1 Å². The molecule has 6 nitrogen and oxygen atoms in total. The number of furan rings is 1. The van der Waals surface area contributed by atoms with E-state index < -0.39 is 0 Å². The minimum absolute atomic E-state index is 0.281. The standard InChI is InChI=1S/C18H13N3O3S/c22-18(19-9-13-3-1-7-24-13)15-6-5-12-10-21(23)11-14(17(12)20-15)16-4-2-8-25-16/h1-8,10-11H,9H2,(H-,19,22,23)/p+1. The maximum atomic E-state index is 12.4. The van der Waals surface area contributed by atoms with Crippen LogP contribution in [0.25, 0.3) is 21.3 Å². The molecule has 4 rings (SSSR count). The van der Waals surface area contributed by atoms with Crippen LogP contribution in [0.15, 0.2) is 64.9 Å². The van der Waals surface area contributed by atoms with Crippen LogP contribution in [0.1, 0.15) is 16.2 Å². The Bertz CT molecular complexity index is 1030. The van der Waals surface area contributed by atoms with E-state index in [2.05, 4.69) is 10.3 Å². The van der Waals surface area contributed by atoms with Crippen molar-refractivity contribution in [3.63, 3.8) is 0 Å². The first-order valence-electron chi connectivity index (χ1n) is 7.60. The van der Waals surface area contributed by atoms with Crippen molar-refractivity contribution in [1.82, 2.24) is 10.3 Å². The van der Waals surface area contributed by atoms with E-state index in [9.17, 15) is 10.0 Å². The van der Waals surface area contributed by atoms with Crippen molar-refractivity contribution in [2.75, 3.05) is 0 Å². The SMILES string of the molecule is O=C(NCc1ccco1)c1ccc2c[n+](O)cc(-c3cccs3)c2n1. The molecule has 0 saturated carbocycles. The highest BCUT2D eigenvalue weighted by atomic mass is 32.1. The normalized spacial score (nSPS) is 10.9. The summed E-state index contributed by atoms with van der Waals surface area (Å²) in [5.74, 6) is 0.394. The molecule has 0 spiro atoms. The number of amides is 1. The molecule has 0 aliphatic heterocycles. The van der Waals surface area contributed by atoms with E-state index >= 15 is 0 Å². The van der Waals surface area contributed by atoms with Gasteiger partial charge < -0.3 is 9.73 Å². The summed E-state index contributed by atoms with van der Waals surface area (Å²) in [6.07, 6.45) is 4.71. The smallest absolute Gasteiger partial charge is 0.270 e. The number of nitrogens with zero attached hydrogens (tertiary/aromatic N) is 2. The number of carbonyl (C=O) groups excluding carboxylic acids is 1. The molecule has 0 radical (unpaired) electrons. The molecule has 4 heterocycles. The molecule has 0 atom stereocenters. The molecule has 4 aromatic heterocycles. The number of pyridine rings is 2. The van der Waals surface area contributed by atoms with Crippen molar-refractivity contribution in [3.05, 3.63) is 71.9 Å². The van der Waals surface area contributed by atoms with E-state index in [-0.39, 0.29) is 5.91 Å². The number of nitrogens with one attached hydrogen (secondary N) is 1. The Labute approximate surface area is 147 Å². The number of thiophene rings is 1. The Morgan fingerprint density at radius 2 is 2.16 bits per heavy atom. The Morgan fingerprint density at radius 1 is 1.24 bits per heavy atom. The van der Waals surface area contributed by atoms with Gasteiger partial charge in [-0.15, -0.1) is 11.3 Å². The molecule has 25 heavy (non-hydrogen) atoms. The van der Waals surface area contributed by atoms with E-state index in [1.54, 1.807) is 54.3 Å². The zero-order chi connectivity index (χ0) is 17.2. The number of aromatic nitrogens is 2. The first kappa shape index (κ1) is 15.3. The monoisotopic (exact) mass is 352 g/mol. The molecule has 0 aliphatic carbocycles. The average Bonchev–Trinajstić information content (AvgIpc) is 3.32.